The zero-order valence-corrected chi connectivity index (χ0v) is 11.8. The molecular weight excluding hydrogens is 278 g/mol. The zero-order valence-electron chi connectivity index (χ0n) is 11.8. The minimum absolute atomic E-state index is 0.182. The summed E-state index contributed by atoms with van der Waals surface area (Å²) < 4.78 is 0. The Labute approximate surface area is 121 Å². The standard InChI is InChI=1S/C13H17N3O5/c1-3-9(7-17)14-12(18)13(19)15-11-6-10(16(20)21)5-4-8(11)2/h4-6,9,17H,3,7H2,1-2H3,(H,14,18)(H,15,19)/t9-/m0/s1. The summed E-state index contributed by atoms with van der Waals surface area (Å²) in [6.45, 7) is 3.13. The second-order valence-electron chi connectivity index (χ2n) is 4.47. The Morgan fingerprint density at radius 3 is 2.57 bits per heavy atom. The summed E-state index contributed by atoms with van der Waals surface area (Å²) in [5, 5.41) is 24.3. The van der Waals surface area contributed by atoms with Crippen LogP contribution in [0.1, 0.15) is 18.9 Å². The van der Waals surface area contributed by atoms with Gasteiger partial charge in [-0.25, -0.2) is 0 Å². The summed E-state index contributed by atoms with van der Waals surface area (Å²) >= 11 is 0. The smallest absolute Gasteiger partial charge is 0.313 e. The lowest BCUT2D eigenvalue weighted by atomic mass is 10.2. The van der Waals surface area contributed by atoms with Gasteiger partial charge in [-0.3, -0.25) is 19.7 Å². The molecule has 1 atom stereocenters. The van der Waals surface area contributed by atoms with E-state index in [4.69, 9.17) is 5.11 Å². The predicted molar refractivity (Wildman–Crippen MR) is 75.8 cm³/mol. The van der Waals surface area contributed by atoms with Gasteiger partial charge in [0.05, 0.1) is 23.3 Å². The second-order valence-corrected chi connectivity index (χ2v) is 4.47. The van der Waals surface area contributed by atoms with Gasteiger partial charge in [-0.05, 0) is 18.9 Å². The Kier molecular flexibility index (Phi) is 5.79. The van der Waals surface area contributed by atoms with Crippen molar-refractivity contribution >= 4 is 23.2 Å². The molecule has 114 valence electrons. The first-order valence-corrected chi connectivity index (χ1v) is 6.36. The molecule has 1 rings (SSSR count). The molecule has 3 N–H and O–H groups in total. The highest BCUT2D eigenvalue weighted by Gasteiger charge is 2.19. The van der Waals surface area contributed by atoms with Gasteiger partial charge in [0.1, 0.15) is 0 Å². The topological polar surface area (TPSA) is 122 Å². The van der Waals surface area contributed by atoms with E-state index in [9.17, 15) is 19.7 Å². The third kappa shape index (κ3) is 4.53. The SMILES string of the molecule is CC[C@@H](CO)NC(=O)C(=O)Nc1cc([N+](=O)[O-])ccc1C. The fraction of sp³-hybridized carbons (Fsp3) is 0.385. The van der Waals surface area contributed by atoms with Gasteiger partial charge in [-0.1, -0.05) is 13.0 Å². The van der Waals surface area contributed by atoms with Crippen molar-refractivity contribution in [2.45, 2.75) is 26.3 Å². The second kappa shape index (κ2) is 7.34. The molecule has 1 aromatic carbocycles. The summed E-state index contributed by atoms with van der Waals surface area (Å²) in [6, 6.07) is 3.47. The number of hydrogen-bond donors (Lipinski definition) is 3. The number of aryl methyl sites for hydroxylation is 1. The van der Waals surface area contributed by atoms with Crippen molar-refractivity contribution in [3.05, 3.63) is 33.9 Å². The van der Waals surface area contributed by atoms with Crippen molar-refractivity contribution < 1.29 is 19.6 Å². The molecule has 0 aromatic heterocycles. The maximum absolute atomic E-state index is 11.7. The fourth-order valence-electron chi connectivity index (χ4n) is 1.57. The monoisotopic (exact) mass is 295 g/mol. The molecule has 8 heteroatoms. The summed E-state index contributed by atoms with van der Waals surface area (Å²) in [5.74, 6) is -1.84. The molecular formula is C13H17N3O5. The van der Waals surface area contributed by atoms with E-state index in [-0.39, 0.29) is 18.0 Å². The number of benzene rings is 1. The lowest BCUT2D eigenvalue weighted by molar-refractivity contribution is -0.384. The van der Waals surface area contributed by atoms with Gasteiger partial charge in [0.25, 0.3) is 5.69 Å². The van der Waals surface area contributed by atoms with Crippen molar-refractivity contribution in [1.29, 1.82) is 0 Å². The van der Waals surface area contributed by atoms with Crippen LogP contribution in [0.5, 0.6) is 0 Å². The number of aliphatic hydroxyl groups excluding tert-OH is 1. The van der Waals surface area contributed by atoms with Gasteiger partial charge in [-0.2, -0.15) is 0 Å². The Balaban J connectivity index is 2.81. The largest absolute Gasteiger partial charge is 0.394 e. The molecule has 0 unspecified atom stereocenters. The number of nitrogens with one attached hydrogen (secondary N) is 2. The highest BCUT2D eigenvalue weighted by atomic mass is 16.6. The number of hydrogen-bond acceptors (Lipinski definition) is 5. The van der Waals surface area contributed by atoms with Crippen LogP contribution in [0, 0.1) is 17.0 Å². The Morgan fingerprint density at radius 1 is 1.38 bits per heavy atom. The zero-order chi connectivity index (χ0) is 16.0. The van der Waals surface area contributed by atoms with Gasteiger partial charge in [0.2, 0.25) is 0 Å². The summed E-state index contributed by atoms with van der Waals surface area (Å²) in [6.07, 6.45) is 0.478. The minimum atomic E-state index is -0.939. The van der Waals surface area contributed by atoms with E-state index in [1.165, 1.54) is 18.2 Å². The van der Waals surface area contributed by atoms with E-state index in [1.54, 1.807) is 13.8 Å². The van der Waals surface area contributed by atoms with Crippen LogP contribution in [-0.4, -0.2) is 34.5 Å². The third-order valence-corrected chi connectivity index (χ3v) is 2.93. The molecule has 0 saturated heterocycles. The molecule has 0 aliphatic carbocycles. The molecule has 0 radical (unpaired) electrons. The minimum Gasteiger partial charge on any atom is -0.394 e. The molecule has 21 heavy (non-hydrogen) atoms. The molecule has 2 amide bonds. The van der Waals surface area contributed by atoms with Crippen LogP contribution in [0.3, 0.4) is 0 Å². The first-order valence-electron chi connectivity index (χ1n) is 6.36. The van der Waals surface area contributed by atoms with Crippen molar-refractivity contribution in [2.75, 3.05) is 11.9 Å². The lowest BCUT2D eigenvalue weighted by Crippen LogP contribution is -2.43. The quantitative estimate of drug-likeness (QED) is 0.420. The number of aliphatic hydroxyl groups is 1. The van der Waals surface area contributed by atoms with Crippen molar-refractivity contribution in [3.8, 4) is 0 Å². The Bertz CT molecular complexity index is 555. The van der Waals surface area contributed by atoms with Crippen molar-refractivity contribution in [2.24, 2.45) is 0 Å². The number of rotatable bonds is 5. The van der Waals surface area contributed by atoms with Crippen LogP contribution in [0.4, 0.5) is 11.4 Å². The average molecular weight is 295 g/mol. The van der Waals surface area contributed by atoms with Crippen LogP contribution in [-0.2, 0) is 9.59 Å². The molecule has 0 aliphatic rings. The first-order chi connectivity index (χ1) is 9.88. The average Bonchev–Trinajstić information content (AvgIpc) is 2.46. The molecule has 0 saturated carbocycles. The van der Waals surface area contributed by atoms with Crippen LogP contribution < -0.4 is 10.6 Å². The lowest BCUT2D eigenvalue weighted by Gasteiger charge is -2.14. The Morgan fingerprint density at radius 2 is 2.05 bits per heavy atom. The molecule has 0 bridgehead atoms. The number of nitrogens with zero attached hydrogens (tertiary/aromatic N) is 1. The number of amides is 2. The van der Waals surface area contributed by atoms with Crippen LogP contribution >= 0.6 is 0 Å². The van der Waals surface area contributed by atoms with Crippen LogP contribution in [0.2, 0.25) is 0 Å². The van der Waals surface area contributed by atoms with E-state index >= 15 is 0 Å². The molecule has 8 nitrogen and oxygen atoms in total. The van der Waals surface area contributed by atoms with E-state index in [0.29, 0.717) is 12.0 Å². The van der Waals surface area contributed by atoms with Gasteiger partial charge in [0, 0.05) is 12.1 Å². The number of nitro groups is 1. The first kappa shape index (κ1) is 16.6. The molecule has 0 heterocycles. The maximum atomic E-state index is 11.7. The normalized spacial score (nSPS) is 11.6. The van der Waals surface area contributed by atoms with Crippen LogP contribution in [0.25, 0.3) is 0 Å². The number of carbonyl (C=O) groups is 2. The number of anilines is 1. The molecule has 0 spiro atoms. The van der Waals surface area contributed by atoms with Crippen molar-refractivity contribution in [3.63, 3.8) is 0 Å². The third-order valence-electron chi connectivity index (χ3n) is 2.93. The van der Waals surface area contributed by atoms with Gasteiger partial charge >= 0.3 is 11.8 Å². The highest BCUT2D eigenvalue weighted by Crippen LogP contribution is 2.21. The van der Waals surface area contributed by atoms with E-state index < -0.39 is 22.8 Å². The number of nitro benzene ring substituents is 1. The van der Waals surface area contributed by atoms with E-state index in [1.807, 2.05) is 0 Å². The van der Waals surface area contributed by atoms with E-state index in [0.717, 1.165) is 0 Å². The molecule has 0 fully saturated rings. The fourth-order valence-corrected chi connectivity index (χ4v) is 1.57. The molecule has 1 aromatic rings. The number of carbonyl (C=O) groups excluding carboxylic acids is 2. The Hall–Kier alpha value is -2.48. The van der Waals surface area contributed by atoms with Gasteiger partial charge in [-0.15, -0.1) is 0 Å². The van der Waals surface area contributed by atoms with E-state index in [2.05, 4.69) is 10.6 Å². The van der Waals surface area contributed by atoms with Gasteiger partial charge < -0.3 is 15.7 Å². The highest BCUT2D eigenvalue weighted by molar-refractivity contribution is 6.39. The van der Waals surface area contributed by atoms with Crippen molar-refractivity contribution in [1.82, 2.24) is 5.32 Å². The van der Waals surface area contributed by atoms with Crippen LogP contribution in [0.15, 0.2) is 18.2 Å². The summed E-state index contributed by atoms with van der Waals surface area (Å²) in [7, 11) is 0. The number of non-ortho nitro benzene ring substituents is 1. The molecule has 0 aliphatic heterocycles. The maximum Gasteiger partial charge on any atom is 0.313 e. The predicted octanol–water partition coefficient (Wildman–Crippen LogP) is 0.729. The summed E-state index contributed by atoms with van der Waals surface area (Å²) in [4.78, 5) is 33.5. The van der Waals surface area contributed by atoms with Gasteiger partial charge in [0.15, 0.2) is 0 Å². The summed E-state index contributed by atoms with van der Waals surface area (Å²) in [5.41, 5.74) is 0.607.